The average molecular weight is 168 g/mol. The summed E-state index contributed by atoms with van der Waals surface area (Å²) in [5, 5.41) is 0. The quantitative estimate of drug-likeness (QED) is 0.345. The highest BCUT2D eigenvalue weighted by atomic mass is 16.5. The van der Waals surface area contributed by atoms with Crippen LogP contribution < -0.4 is 0 Å². The number of rotatable bonds is 6. The highest BCUT2D eigenvalue weighted by molar-refractivity contribution is 5.69. The number of hydrogen-bond donors (Lipinski definition) is 0. The molecule has 0 heterocycles. The van der Waals surface area contributed by atoms with Gasteiger partial charge in [0.2, 0.25) is 0 Å². The fraction of sp³-hybridized carbons (Fsp3) is 0.700. The van der Waals surface area contributed by atoms with Crippen LogP contribution in [-0.2, 0) is 9.53 Å². The molecule has 0 saturated heterocycles. The zero-order chi connectivity index (χ0) is 9.23. The summed E-state index contributed by atoms with van der Waals surface area (Å²) in [6, 6.07) is 0. The lowest BCUT2D eigenvalue weighted by atomic mass is 10.1. The lowest BCUT2D eigenvalue weighted by molar-refractivity contribution is -0.143. The molecule has 0 radical (unpaired) electrons. The summed E-state index contributed by atoms with van der Waals surface area (Å²) in [7, 11) is 0. The van der Waals surface area contributed by atoms with E-state index < -0.39 is 0 Å². The molecule has 0 aliphatic rings. The number of carbonyl (C=O) groups excluding carboxylic acids is 1. The molecule has 0 aromatic carbocycles. The summed E-state index contributed by atoms with van der Waals surface area (Å²) in [5.74, 6) is 2.47. The van der Waals surface area contributed by atoms with E-state index in [0.29, 0.717) is 13.0 Å². The van der Waals surface area contributed by atoms with E-state index in [1.807, 2.05) is 6.92 Å². The molecule has 0 rings (SSSR count). The monoisotopic (exact) mass is 168 g/mol. The van der Waals surface area contributed by atoms with Gasteiger partial charge in [-0.25, -0.2) is 0 Å². The Bertz CT molecular complexity index is 156. The smallest absolute Gasteiger partial charge is 0.305 e. The van der Waals surface area contributed by atoms with E-state index in [9.17, 15) is 4.79 Å². The van der Waals surface area contributed by atoms with Gasteiger partial charge in [0.1, 0.15) is 0 Å². The predicted molar refractivity (Wildman–Crippen MR) is 48.6 cm³/mol. The van der Waals surface area contributed by atoms with Gasteiger partial charge in [-0.2, -0.15) is 0 Å². The van der Waals surface area contributed by atoms with Crippen LogP contribution in [0.3, 0.4) is 0 Å². The average Bonchev–Trinajstić information content (AvgIpc) is 2.05. The summed E-state index contributed by atoms with van der Waals surface area (Å²) in [6.07, 6.45) is 9.33. The van der Waals surface area contributed by atoms with Crippen LogP contribution in [0.15, 0.2) is 0 Å². The molecule has 0 spiro atoms. The third kappa shape index (κ3) is 7.14. The number of unbranched alkanes of at least 4 members (excludes halogenated alkanes) is 3. The molecule has 0 N–H and O–H groups in total. The Morgan fingerprint density at radius 1 is 1.42 bits per heavy atom. The molecular formula is C10H16O2. The van der Waals surface area contributed by atoms with Gasteiger partial charge in [0, 0.05) is 12.8 Å². The minimum absolute atomic E-state index is 0.0989. The maximum absolute atomic E-state index is 10.8. The highest BCUT2D eigenvalue weighted by Gasteiger charge is 1.99. The second-order valence-electron chi connectivity index (χ2n) is 2.57. The normalized spacial score (nSPS) is 9.00. The van der Waals surface area contributed by atoms with Crippen molar-refractivity contribution < 1.29 is 9.53 Å². The summed E-state index contributed by atoms with van der Waals surface area (Å²) in [5.41, 5.74) is 0. The van der Waals surface area contributed by atoms with Crippen LogP contribution in [0.4, 0.5) is 0 Å². The second-order valence-corrected chi connectivity index (χ2v) is 2.57. The topological polar surface area (TPSA) is 26.3 Å². The summed E-state index contributed by atoms with van der Waals surface area (Å²) < 4.78 is 4.77. The third-order valence-corrected chi connectivity index (χ3v) is 1.51. The van der Waals surface area contributed by atoms with Crippen molar-refractivity contribution in [3.05, 3.63) is 0 Å². The first-order chi connectivity index (χ1) is 5.81. The van der Waals surface area contributed by atoms with Crippen molar-refractivity contribution in [2.24, 2.45) is 0 Å². The molecule has 0 amide bonds. The van der Waals surface area contributed by atoms with Gasteiger partial charge in [-0.3, -0.25) is 4.79 Å². The van der Waals surface area contributed by atoms with E-state index in [1.54, 1.807) is 0 Å². The van der Waals surface area contributed by atoms with Crippen molar-refractivity contribution in [2.75, 3.05) is 6.61 Å². The van der Waals surface area contributed by atoms with E-state index in [2.05, 4.69) is 5.92 Å². The largest absolute Gasteiger partial charge is 0.466 e. The Kier molecular flexibility index (Phi) is 7.47. The van der Waals surface area contributed by atoms with Gasteiger partial charge in [-0.15, -0.1) is 12.3 Å². The van der Waals surface area contributed by atoms with Gasteiger partial charge >= 0.3 is 5.97 Å². The van der Waals surface area contributed by atoms with E-state index in [0.717, 1.165) is 25.7 Å². The molecule has 2 nitrogen and oxygen atoms in total. The van der Waals surface area contributed by atoms with E-state index in [-0.39, 0.29) is 5.97 Å². The standard InChI is InChI=1S/C10H16O2/c1-3-5-6-7-8-9-10(11)12-4-2/h1H,4-9H2,2H3. The maximum Gasteiger partial charge on any atom is 0.305 e. The van der Waals surface area contributed by atoms with Crippen molar-refractivity contribution >= 4 is 5.97 Å². The van der Waals surface area contributed by atoms with E-state index in [4.69, 9.17) is 11.2 Å². The number of ether oxygens (including phenoxy) is 1. The lowest BCUT2D eigenvalue weighted by Crippen LogP contribution is -2.02. The molecule has 12 heavy (non-hydrogen) atoms. The van der Waals surface area contributed by atoms with Crippen LogP contribution in [0.2, 0.25) is 0 Å². The minimum atomic E-state index is -0.0989. The molecule has 0 unspecified atom stereocenters. The van der Waals surface area contributed by atoms with Gasteiger partial charge in [0.05, 0.1) is 6.61 Å². The Morgan fingerprint density at radius 2 is 2.17 bits per heavy atom. The second kappa shape index (κ2) is 8.13. The molecule has 0 atom stereocenters. The van der Waals surface area contributed by atoms with Crippen LogP contribution in [-0.4, -0.2) is 12.6 Å². The lowest BCUT2D eigenvalue weighted by Gasteiger charge is -1.99. The van der Waals surface area contributed by atoms with E-state index in [1.165, 1.54) is 0 Å². The van der Waals surface area contributed by atoms with E-state index >= 15 is 0 Å². The van der Waals surface area contributed by atoms with Crippen LogP contribution in [0, 0.1) is 12.3 Å². The Balaban J connectivity index is 3.09. The van der Waals surface area contributed by atoms with Crippen LogP contribution in [0.25, 0.3) is 0 Å². The van der Waals surface area contributed by atoms with Crippen LogP contribution in [0.1, 0.15) is 39.0 Å². The van der Waals surface area contributed by atoms with Crippen molar-refractivity contribution in [3.63, 3.8) is 0 Å². The Morgan fingerprint density at radius 3 is 2.75 bits per heavy atom. The van der Waals surface area contributed by atoms with Crippen molar-refractivity contribution in [1.82, 2.24) is 0 Å². The van der Waals surface area contributed by atoms with Crippen LogP contribution in [0.5, 0.6) is 0 Å². The SMILES string of the molecule is C#CCCCCCC(=O)OCC. The number of esters is 1. The van der Waals surface area contributed by atoms with Crippen LogP contribution >= 0.6 is 0 Å². The predicted octanol–water partition coefficient (Wildman–Crippen LogP) is 2.13. The molecular weight excluding hydrogens is 152 g/mol. The molecule has 0 aliphatic heterocycles. The number of carbonyl (C=O) groups is 1. The fourth-order valence-electron chi connectivity index (χ4n) is 0.906. The molecule has 0 aliphatic carbocycles. The third-order valence-electron chi connectivity index (χ3n) is 1.51. The minimum Gasteiger partial charge on any atom is -0.466 e. The van der Waals surface area contributed by atoms with Crippen molar-refractivity contribution in [3.8, 4) is 12.3 Å². The Hall–Kier alpha value is -0.970. The summed E-state index contributed by atoms with van der Waals surface area (Å²) in [4.78, 5) is 10.8. The molecule has 0 bridgehead atoms. The summed E-state index contributed by atoms with van der Waals surface area (Å²) in [6.45, 7) is 2.29. The molecule has 68 valence electrons. The molecule has 0 saturated carbocycles. The number of hydrogen-bond acceptors (Lipinski definition) is 2. The maximum atomic E-state index is 10.8. The zero-order valence-corrected chi connectivity index (χ0v) is 7.64. The molecule has 0 aromatic rings. The van der Waals surface area contributed by atoms with Crippen molar-refractivity contribution in [1.29, 1.82) is 0 Å². The summed E-state index contributed by atoms with van der Waals surface area (Å²) >= 11 is 0. The molecule has 2 heteroatoms. The molecule has 0 fully saturated rings. The van der Waals surface area contributed by atoms with Gasteiger partial charge in [0.15, 0.2) is 0 Å². The highest BCUT2D eigenvalue weighted by Crippen LogP contribution is 2.03. The van der Waals surface area contributed by atoms with Crippen molar-refractivity contribution in [2.45, 2.75) is 39.0 Å². The van der Waals surface area contributed by atoms with Gasteiger partial charge in [-0.05, 0) is 19.8 Å². The van der Waals surface area contributed by atoms with Gasteiger partial charge in [-0.1, -0.05) is 6.42 Å². The Labute approximate surface area is 74.3 Å². The first-order valence-corrected chi connectivity index (χ1v) is 4.40. The first kappa shape index (κ1) is 11.0. The van der Waals surface area contributed by atoms with Gasteiger partial charge < -0.3 is 4.74 Å². The first-order valence-electron chi connectivity index (χ1n) is 4.40. The number of terminal acetylenes is 1. The molecule has 0 aromatic heterocycles. The van der Waals surface area contributed by atoms with Gasteiger partial charge in [0.25, 0.3) is 0 Å². The zero-order valence-electron chi connectivity index (χ0n) is 7.64. The fourth-order valence-corrected chi connectivity index (χ4v) is 0.906.